The highest BCUT2D eigenvalue weighted by Crippen LogP contribution is 2.39. The van der Waals surface area contributed by atoms with Crippen molar-refractivity contribution in [3.63, 3.8) is 0 Å². The number of anilines is 1. The molecule has 0 N–H and O–H groups in total. The second-order valence-corrected chi connectivity index (χ2v) is 6.94. The molecule has 0 saturated carbocycles. The van der Waals surface area contributed by atoms with Crippen LogP contribution in [0, 0.1) is 0 Å². The third-order valence-electron chi connectivity index (χ3n) is 4.30. The maximum atomic E-state index is 6.43. The molecule has 2 nitrogen and oxygen atoms in total. The van der Waals surface area contributed by atoms with Gasteiger partial charge in [0.25, 0.3) is 0 Å². The Labute approximate surface area is 159 Å². The zero-order valence-electron chi connectivity index (χ0n) is 14.6. The largest absolute Gasteiger partial charge is 0.370 e. The molecule has 0 atom stereocenters. The normalized spacial score (nSPS) is 11.0. The summed E-state index contributed by atoms with van der Waals surface area (Å²) in [5.74, 6) is 0. The van der Waals surface area contributed by atoms with E-state index in [0.29, 0.717) is 10.0 Å². The zero-order valence-corrected chi connectivity index (χ0v) is 16.1. The number of benzene rings is 2. The van der Waals surface area contributed by atoms with E-state index in [0.717, 1.165) is 42.6 Å². The molecule has 4 heteroatoms. The van der Waals surface area contributed by atoms with Gasteiger partial charge in [-0.25, -0.2) is 0 Å². The molecule has 25 heavy (non-hydrogen) atoms. The minimum absolute atomic E-state index is 0.622. The summed E-state index contributed by atoms with van der Waals surface area (Å²) in [6.45, 7) is 6.45. The van der Waals surface area contributed by atoms with E-state index < -0.39 is 0 Å². The number of hydrogen-bond acceptors (Lipinski definition) is 2. The smallest absolute Gasteiger partial charge is 0.0811 e. The Bertz CT molecular complexity index is 851. The van der Waals surface area contributed by atoms with Crippen molar-refractivity contribution in [3.8, 4) is 11.3 Å². The summed E-state index contributed by atoms with van der Waals surface area (Å²) >= 11 is 12.9. The van der Waals surface area contributed by atoms with Crippen molar-refractivity contribution in [2.75, 3.05) is 18.0 Å². The summed E-state index contributed by atoms with van der Waals surface area (Å²) in [6, 6.07) is 13.9. The topological polar surface area (TPSA) is 16.1 Å². The van der Waals surface area contributed by atoms with Gasteiger partial charge in [-0.3, -0.25) is 4.98 Å². The molecule has 3 aromatic rings. The number of nitrogens with zero attached hydrogens (tertiary/aromatic N) is 2. The molecule has 130 valence electrons. The fraction of sp³-hybridized carbons (Fsp3) is 0.286. The molecule has 0 amide bonds. The summed E-state index contributed by atoms with van der Waals surface area (Å²) in [5.41, 5.74) is 2.81. The van der Waals surface area contributed by atoms with Gasteiger partial charge in [0.1, 0.15) is 0 Å². The summed E-state index contributed by atoms with van der Waals surface area (Å²) in [4.78, 5) is 7.18. The summed E-state index contributed by atoms with van der Waals surface area (Å²) in [6.07, 6.45) is 4.17. The van der Waals surface area contributed by atoms with Crippen LogP contribution in [0.1, 0.15) is 26.7 Å². The second-order valence-electron chi connectivity index (χ2n) is 6.12. The monoisotopic (exact) mass is 372 g/mol. The van der Waals surface area contributed by atoms with E-state index in [1.807, 2.05) is 30.5 Å². The van der Waals surface area contributed by atoms with E-state index in [1.54, 1.807) is 0 Å². The Morgan fingerprint density at radius 1 is 0.840 bits per heavy atom. The van der Waals surface area contributed by atoms with Gasteiger partial charge in [0.15, 0.2) is 0 Å². The molecule has 0 aliphatic rings. The Kier molecular flexibility index (Phi) is 5.82. The van der Waals surface area contributed by atoms with E-state index in [-0.39, 0.29) is 0 Å². The molecule has 0 fully saturated rings. The van der Waals surface area contributed by atoms with Gasteiger partial charge in [-0.1, -0.05) is 67.4 Å². The number of fused-ring (bicyclic) bond motifs is 1. The Balaban J connectivity index is 2.23. The quantitative estimate of drug-likeness (QED) is 0.470. The van der Waals surface area contributed by atoms with Crippen LogP contribution >= 0.6 is 23.2 Å². The summed E-state index contributed by atoms with van der Waals surface area (Å²) < 4.78 is 0. The van der Waals surface area contributed by atoms with Crippen LogP contribution in [0.25, 0.3) is 22.0 Å². The number of aromatic nitrogens is 1. The molecule has 3 rings (SSSR count). The molecular weight excluding hydrogens is 351 g/mol. The molecule has 0 saturated heterocycles. The minimum atomic E-state index is 0.622. The molecular formula is C21H22Cl2N2. The van der Waals surface area contributed by atoms with Crippen LogP contribution in [-0.2, 0) is 0 Å². The number of halogens is 2. The Morgan fingerprint density at radius 3 is 2.04 bits per heavy atom. The fourth-order valence-corrected chi connectivity index (χ4v) is 3.82. The summed E-state index contributed by atoms with van der Waals surface area (Å²) in [7, 11) is 0. The average molecular weight is 373 g/mol. The molecule has 0 radical (unpaired) electrons. The molecule has 0 unspecified atom stereocenters. The maximum Gasteiger partial charge on any atom is 0.0811 e. The number of hydrogen-bond donors (Lipinski definition) is 0. The maximum absolute atomic E-state index is 6.43. The van der Waals surface area contributed by atoms with Crippen LogP contribution in [0.4, 0.5) is 5.69 Å². The number of rotatable bonds is 6. The van der Waals surface area contributed by atoms with Crippen LogP contribution < -0.4 is 4.90 Å². The lowest BCUT2D eigenvalue weighted by Crippen LogP contribution is -2.25. The van der Waals surface area contributed by atoms with Crippen LogP contribution in [0.5, 0.6) is 0 Å². The van der Waals surface area contributed by atoms with Crippen molar-refractivity contribution in [3.05, 3.63) is 58.7 Å². The predicted molar refractivity (Wildman–Crippen MR) is 110 cm³/mol. The molecule has 0 spiro atoms. The van der Waals surface area contributed by atoms with Crippen LogP contribution in [0.3, 0.4) is 0 Å². The Morgan fingerprint density at radius 2 is 1.44 bits per heavy atom. The van der Waals surface area contributed by atoms with E-state index in [9.17, 15) is 0 Å². The van der Waals surface area contributed by atoms with Crippen LogP contribution in [0.2, 0.25) is 10.0 Å². The molecule has 0 aliphatic carbocycles. The van der Waals surface area contributed by atoms with Gasteiger partial charge >= 0.3 is 0 Å². The average Bonchev–Trinajstić information content (AvgIpc) is 2.61. The first-order chi connectivity index (χ1) is 12.2. The first kappa shape index (κ1) is 18.0. The van der Waals surface area contributed by atoms with E-state index in [2.05, 4.69) is 36.9 Å². The van der Waals surface area contributed by atoms with Gasteiger partial charge in [0.05, 0.1) is 27.6 Å². The van der Waals surface area contributed by atoms with Gasteiger partial charge in [-0.05, 0) is 25.0 Å². The van der Waals surface area contributed by atoms with E-state index in [1.165, 1.54) is 11.1 Å². The van der Waals surface area contributed by atoms with Crippen molar-refractivity contribution < 1.29 is 0 Å². The molecule has 1 aromatic heterocycles. The highest BCUT2D eigenvalue weighted by molar-refractivity contribution is 6.39. The first-order valence-electron chi connectivity index (χ1n) is 8.74. The van der Waals surface area contributed by atoms with Gasteiger partial charge < -0.3 is 4.90 Å². The zero-order chi connectivity index (χ0) is 17.8. The van der Waals surface area contributed by atoms with Crippen molar-refractivity contribution in [2.24, 2.45) is 0 Å². The summed E-state index contributed by atoms with van der Waals surface area (Å²) in [5, 5.41) is 3.51. The fourth-order valence-electron chi connectivity index (χ4n) is 3.25. The third-order valence-corrected chi connectivity index (χ3v) is 4.93. The lowest BCUT2D eigenvalue weighted by Gasteiger charge is -2.25. The molecule has 0 aliphatic heterocycles. The van der Waals surface area contributed by atoms with Crippen LogP contribution in [0.15, 0.2) is 48.7 Å². The predicted octanol–water partition coefficient (Wildman–Crippen LogP) is 6.84. The lowest BCUT2D eigenvalue weighted by molar-refractivity contribution is 0.746. The van der Waals surface area contributed by atoms with Crippen molar-refractivity contribution in [1.82, 2.24) is 4.98 Å². The Hall–Kier alpha value is -1.77. The van der Waals surface area contributed by atoms with Gasteiger partial charge in [-0.2, -0.15) is 0 Å². The van der Waals surface area contributed by atoms with Crippen molar-refractivity contribution in [1.29, 1.82) is 0 Å². The van der Waals surface area contributed by atoms with Gasteiger partial charge in [0.2, 0.25) is 0 Å². The van der Waals surface area contributed by atoms with Crippen molar-refractivity contribution >= 4 is 39.7 Å². The number of pyridine rings is 1. The first-order valence-corrected chi connectivity index (χ1v) is 9.50. The molecule has 2 aromatic carbocycles. The standard InChI is InChI=1S/C21H22Cl2N2/c1-3-12-25(13-4-2)19-14-24-21(16-9-6-5-8-15(16)19)20-17(22)10-7-11-18(20)23/h5-11,14H,3-4,12-13H2,1-2H3. The second kappa shape index (κ2) is 8.07. The van der Waals surface area contributed by atoms with Gasteiger partial charge in [0, 0.05) is 29.4 Å². The van der Waals surface area contributed by atoms with E-state index >= 15 is 0 Å². The minimum Gasteiger partial charge on any atom is -0.370 e. The third kappa shape index (κ3) is 3.61. The SMILES string of the molecule is CCCN(CCC)c1cnc(-c2c(Cl)cccc2Cl)c2ccccc12. The van der Waals surface area contributed by atoms with Gasteiger partial charge in [-0.15, -0.1) is 0 Å². The lowest BCUT2D eigenvalue weighted by atomic mass is 10.0. The van der Waals surface area contributed by atoms with E-state index in [4.69, 9.17) is 28.2 Å². The highest BCUT2D eigenvalue weighted by atomic mass is 35.5. The molecule has 0 bridgehead atoms. The van der Waals surface area contributed by atoms with Crippen molar-refractivity contribution in [2.45, 2.75) is 26.7 Å². The molecule has 1 heterocycles. The highest BCUT2D eigenvalue weighted by Gasteiger charge is 2.17. The van der Waals surface area contributed by atoms with Crippen LogP contribution in [-0.4, -0.2) is 18.1 Å².